The molecule has 0 fully saturated rings. The van der Waals surface area contributed by atoms with Crippen LogP contribution in [0.5, 0.6) is 5.75 Å². The van der Waals surface area contributed by atoms with Gasteiger partial charge in [-0.3, -0.25) is 4.72 Å². The van der Waals surface area contributed by atoms with Crippen molar-refractivity contribution in [3.8, 4) is 5.75 Å². The highest BCUT2D eigenvalue weighted by Crippen LogP contribution is 2.38. The van der Waals surface area contributed by atoms with Gasteiger partial charge in [0.1, 0.15) is 17.1 Å². The van der Waals surface area contributed by atoms with Crippen LogP contribution in [0, 0.1) is 11.6 Å². The minimum absolute atomic E-state index is 0.0152. The largest absolute Gasteiger partial charge is 0.484 e. The van der Waals surface area contributed by atoms with Crippen LogP contribution in [0.3, 0.4) is 0 Å². The Morgan fingerprint density at radius 1 is 1.26 bits per heavy atom. The molecule has 31 heavy (non-hydrogen) atoms. The first kappa shape index (κ1) is 19.3. The maximum absolute atomic E-state index is 14.3. The number of nitrogens with one attached hydrogen (secondary N) is 2. The van der Waals surface area contributed by atoms with Gasteiger partial charge in [0.2, 0.25) is 0 Å². The molecule has 2 aromatic rings. The summed E-state index contributed by atoms with van der Waals surface area (Å²) in [5, 5.41) is 0. The first-order valence-electron chi connectivity index (χ1n) is 10.2. The van der Waals surface area contributed by atoms with E-state index < -0.39 is 82.9 Å². The second-order valence-electron chi connectivity index (χ2n) is 6.82. The Bertz CT molecular complexity index is 1160. The Balaban J connectivity index is 1.86. The minimum atomic E-state index is -4.57. The van der Waals surface area contributed by atoms with Gasteiger partial charge in [-0.05, 0) is 18.4 Å². The molecule has 1 aliphatic rings. The van der Waals surface area contributed by atoms with Crippen molar-refractivity contribution in [2.75, 3.05) is 18.4 Å². The maximum atomic E-state index is 14.3. The molecule has 2 N–H and O–H groups in total. The number of methoxy groups -OCH3 is 1. The maximum Gasteiger partial charge on any atom is 0.272 e. The average Bonchev–Trinajstić information content (AvgIpc) is 3.11. The molecule has 0 unspecified atom stereocenters. The molecule has 1 aromatic carbocycles. The van der Waals surface area contributed by atoms with E-state index in [9.17, 15) is 34.8 Å². The van der Waals surface area contributed by atoms with Crippen molar-refractivity contribution < 1.29 is 48.3 Å². The van der Waals surface area contributed by atoms with Crippen LogP contribution in [0.25, 0.3) is 0 Å². The van der Waals surface area contributed by atoms with Crippen molar-refractivity contribution in [2.24, 2.45) is 0 Å². The summed E-state index contributed by atoms with van der Waals surface area (Å²) in [5.41, 5.74) is -3.18. The molecular weight excluding hydrogens is 454 g/mol. The lowest BCUT2D eigenvalue weighted by Gasteiger charge is -2.35. The van der Waals surface area contributed by atoms with Crippen LogP contribution in [0.4, 0.5) is 32.0 Å². The zero-order valence-electron chi connectivity index (χ0n) is 18.5. The summed E-state index contributed by atoms with van der Waals surface area (Å²) >= 11 is 0. The normalized spacial score (nSPS) is 20.8. The highest BCUT2D eigenvalue weighted by Gasteiger charge is 2.45. The molecule has 0 bridgehead atoms. The molecule has 0 aliphatic heterocycles. The van der Waals surface area contributed by atoms with Gasteiger partial charge in [-0.1, -0.05) is 0 Å². The van der Waals surface area contributed by atoms with Crippen molar-refractivity contribution in [3.05, 3.63) is 41.2 Å². The van der Waals surface area contributed by atoms with E-state index in [1.54, 1.807) is 0 Å². The summed E-state index contributed by atoms with van der Waals surface area (Å²) in [7, 11) is -7.69. The Labute approximate surface area is 177 Å². The molecule has 1 atom stereocenters. The molecule has 0 spiro atoms. The van der Waals surface area contributed by atoms with Crippen LogP contribution in [0.1, 0.15) is 21.8 Å². The Kier molecular flexibility index (Phi) is 5.36. The highest BCUT2D eigenvalue weighted by atomic mass is 32.2. The van der Waals surface area contributed by atoms with Crippen LogP contribution in [-0.2, 0) is 27.6 Å². The highest BCUT2D eigenvalue weighted by molar-refractivity contribution is 7.92. The number of H-pyrrole nitrogens is 1. The number of halogens is 6. The van der Waals surface area contributed by atoms with E-state index in [2.05, 4.69) is 14.5 Å². The molecule has 3 rings (SSSR count). The number of aromatic nitrogens is 1. The SMILES string of the molecule is [2H]C([2H])([2H])O[C@@]1(C(F)F)CCc2c(S(=O)(=O)Nc3cc(F)c(OCC(F)F)cc3F)c[nH]c2C1. The van der Waals surface area contributed by atoms with Crippen LogP contribution in [0.15, 0.2) is 23.2 Å². The van der Waals surface area contributed by atoms with Gasteiger partial charge in [-0.25, -0.2) is 34.8 Å². The lowest BCUT2D eigenvalue weighted by molar-refractivity contribution is -0.128. The molecule has 13 heteroatoms. The number of aromatic amines is 1. The second kappa shape index (κ2) is 8.61. The summed E-state index contributed by atoms with van der Waals surface area (Å²) in [4.78, 5) is 2.05. The summed E-state index contributed by atoms with van der Waals surface area (Å²) in [6.07, 6.45) is -6.66. The molecule has 0 saturated carbocycles. The predicted molar refractivity (Wildman–Crippen MR) is 97.2 cm³/mol. The third-order valence-corrected chi connectivity index (χ3v) is 6.27. The predicted octanol–water partition coefficient (Wildman–Crippen LogP) is 3.88. The van der Waals surface area contributed by atoms with Gasteiger partial charge in [0.05, 0.1) is 9.80 Å². The molecule has 0 amide bonds. The number of rotatable bonds is 8. The number of ether oxygens (including phenoxy) is 2. The van der Waals surface area contributed by atoms with Gasteiger partial charge >= 0.3 is 0 Å². The summed E-state index contributed by atoms with van der Waals surface area (Å²) in [6.45, 7) is -1.21. The smallest absolute Gasteiger partial charge is 0.272 e. The Morgan fingerprint density at radius 3 is 2.65 bits per heavy atom. The van der Waals surface area contributed by atoms with E-state index in [-0.39, 0.29) is 17.7 Å². The van der Waals surface area contributed by atoms with E-state index in [1.807, 2.05) is 4.72 Å². The monoisotopic (exact) mass is 475 g/mol. The first-order chi connectivity index (χ1) is 15.6. The molecule has 1 heterocycles. The van der Waals surface area contributed by atoms with Crippen molar-refractivity contribution in [1.29, 1.82) is 0 Å². The number of sulfonamides is 1. The van der Waals surface area contributed by atoms with Gasteiger partial charge in [0, 0.05) is 37.5 Å². The molecule has 172 valence electrons. The van der Waals surface area contributed by atoms with E-state index in [0.29, 0.717) is 12.1 Å². The van der Waals surface area contributed by atoms with Crippen LogP contribution >= 0.6 is 0 Å². The number of alkyl halides is 4. The topological polar surface area (TPSA) is 80.4 Å². The lowest BCUT2D eigenvalue weighted by atomic mass is 9.84. The van der Waals surface area contributed by atoms with Crippen molar-refractivity contribution in [3.63, 3.8) is 0 Å². The molecule has 1 aliphatic carbocycles. The van der Waals surface area contributed by atoms with Crippen molar-refractivity contribution in [2.45, 2.75) is 42.6 Å². The lowest BCUT2D eigenvalue weighted by Crippen LogP contribution is -2.44. The summed E-state index contributed by atoms with van der Waals surface area (Å²) < 4.78 is 138. The number of fused-ring (bicyclic) bond motifs is 1. The van der Waals surface area contributed by atoms with E-state index in [0.717, 1.165) is 6.20 Å². The van der Waals surface area contributed by atoms with Crippen molar-refractivity contribution >= 4 is 15.7 Å². The van der Waals surface area contributed by atoms with Gasteiger partial charge < -0.3 is 14.5 Å². The molecule has 0 radical (unpaired) electrons. The fourth-order valence-corrected chi connectivity index (χ4v) is 4.58. The Hall–Kier alpha value is -2.41. The average molecular weight is 475 g/mol. The molecular formula is C18H18F6N2O4S. The number of hydrogen-bond donors (Lipinski definition) is 2. The van der Waals surface area contributed by atoms with Crippen LogP contribution in [-0.4, -0.2) is 45.5 Å². The zero-order valence-corrected chi connectivity index (χ0v) is 16.3. The fourth-order valence-electron chi connectivity index (χ4n) is 3.26. The minimum Gasteiger partial charge on any atom is -0.484 e. The summed E-state index contributed by atoms with van der Waals surface area (Å²) in [6, 6.07) is 0.796. The van der Waals surface area contributed by atoms with Gasteiger partial charge in [-0.15, -0.1) is 0 Å². The van der Waals surface area contributed by atoms with E-state index >= 15 is 0 Å². The van der Waals surface area contributed by atoms with Gasteiger partial charge in [0.15, 0.2) is 17.4 Å². The molecule has 6 nitrogen and oxygen atoms in total. The third-order valence-electron chi connectivity index (χ3n) is 4.83. The van der Waals surface area contributed by atoms with Gasteiger partial charge in [-0.2, -0.15) is 0 Å². The number of hydrogen-bond acceptors (Lipinski definition) is 4. The standard InChI is InChI=1S/C18H18F6N2O4S/c1-29-18(17(23)24)3-2-9-13(6-18)25-7-15(9)31(27,28)26-12-4-11(20)14(5-10(12)19)30-8-16(21)22/h4-5,7,16-17,25-26H,2-3,6,8H2,1H3/t18-/m0/s1/i1D3. The quantitative estimate of drug-likeness (QED) is 0.568. The van der Waals surface area contributed by atoms with Crippen LogP contribution in [0.2, 0.25) is 0 Å². The fraction of sp³-hybridized carbons (Fsp3) is 0.444. The Morgan fingerprint density at radius 2 is 2.00 bits per heavy atom. The molecule has 1 aromatic heterocycles. The van der Waals surface area contributed by atoms with Crippen LogP contribution < -0.4 is 9.46 Å². The second-order valence-corrected chi connectivity index (χ2v) is 8.48. The summed E-state index contributed by atoms with van der Waals surface area (Å²) in [5.74, 6) is -3.47. The van der Waals surface area contributed by atoms with Gasteiger partial charge in [0.25, 0.3) is 22.9 Å². The van der Waals surface area contributed by atoms with E-state index in [1.165, 1.54) is 0 Å². The zero-order chi connectivity index (χ0) is 25.5. The first-order valence-corrected chi connectivity index (χ1v) is 10.2. The number of benzene rings is 1. The molecule has 0 saturated heterocycles. The van der Waals surface area contributed by atoms with E-state index in [4.69, 9.17) is 4.11 Å². The number of anilines is 1. The third kappa shape index (κ3) is 4.61. The van der Waals surface area contributed by atoms with Crippen molar-refractivity contribution in [1.82, 2.24) is 4.98 Å².